The number of amides is 1. The number of para-hydroxylation sites is 1. The molecule has 4 rings (SSSR count). The van der Waals surface area contributed by atoms with Crippen molar-refractivity contribution in [3.63, 3.8) is 0 Å². The van der Waals surface area contributed by atoms with Gasteiger partial charge in [-0.3, -0.25) is 14.9 Å². The number of fused-ring (bicyclic) bond motifs is 1. The number of carbonyl (C=O) groups is 1. The number of carbonyl (C=O) groups excluding carboxylic acids is 1. The Balaban J connectivity index is 1.60. The minimum absolute atomic E-state index is 0.0294. The molecule has 0 spiro atoms. The Labute approximate surface area is 170 Å². The first kappa shape index (κ1) is 18.9. The topological polar surface area (TPSA) is 109 Å². The molecule has 7 nitrogen and oxygen atoms in total. The lowest BCUT2D eigenvalue weighted by Crippen LogP contribution is -2.11. The van der Waals surface area contributed by atoms with E-state index in [1.54, 1.807) is 18.2 Å². The highest BCUT2D eigenvalue weighted by Gasteiger charge is 2.26. The van der Waals surface area contributed by atoms with Crippen molar-refractivity contribution in [3.05, 3.63) is 68.3 Å². The summed E-state index contributed by atoms with van der Waals surface area (Å²) in [5.74, 6) is 0.340. The lowest BCUT2D eigenvalue weighted by molar-refractivity contribution is -0.384. The number of thiophene rings is 1. The molecule has 1 aliphatic carbocycles. The quantitative estimate of drug-likeness (QED) is 0.474. The summed E-state index contributed by atoms with van der Waals surface area (Å²) >= 11 is 1.44. The number of nitrogens with one attached hydrogen (secondary N) is 1. The van der Waals surface area contributed by atoms with Crippen LogP contribution >= 0.6 is 11.3 Å². The molecular weight excluding hydrogens is 390 g/mol. The van der Waals surface area contributed by atoms with Gasteiger partial charge in [0.15, 0.2) is 5.76 Å². The summed E-state index contributed by atoms with van der Waals surface area (Å²) in [6, 6.07) is 11.4. The third kappa shape index (κ3) is 3.52. The van der Waals surface area contributed by atoms with E-state index < -0.39 is 10.8 Å². The van der Waals surface area contributed by atoms with Crippen LogP contribution in [0.4, 0.5) is 10.7 Å². The summed E-state index contributed by atoms with van der Waals surface area (Å²) in [6.45, 7) is 2.18. The van der Waals surface area contributed by atoms with Gasteiger partial charge in [0.05, 0.1) is 16.1 Å². The van der Waals surface area contributed by atoms with Gasteiger partial charge in [-0.05, 0) is 48.9 Å². The number of rotatable bonds is 4. The summed E-state index contributed by atoms with van der Waals surface area (Å²) < 4.78 is 5.59. The average molecular weight is 407 g/mol. The molecule has 0 unspecified atom stereocenters. The van der Waals surface area contributed by atoms with E-state index in [0.29, 0.717) is 22.0 Å². The average Bonchev–Trinajstić information content (AvgIpc) is 3.32. The van der Waals surface area contributed by atoms with Crippen LogP contribution in [0.25, 0.3) is 11.3 Å². The van der Waals surface area contributed by atoms with Crippen LogP contribution in [-0.4, -0.2) is 10.8 Å². The fraction of sp³-hybridized carbons (Fsp3) is 0.238. The fourth-order valence-electron chi connectivity index (χ4n) is 3.57. The Bertz CT molecular complexity index is 1160. The number of benzene rings is 1. The maximum atomic E-state index is 12.7. The van der Waals surface area contributed by atoms with Gasteiger partial charge in [-0.15, -0.1) is 11.3 Å². The minimum Gasteiger partial charge on any atom is -0.451 e. The van der Waals surface area contributed by atoms with Gasteiger partial charge in [-0.2, -0.15) is 5.26 Å². The summed E-state index contributed by atoms with van der Waals surface area (Å²) in [5.41, 5.74) is 1.76. The number of hydrogen-bond donors (Lipinski definition) is 1. The van der Waals surface area contributed by atoms with Crippen LogP contribution < -0.4 is 5.32 Å². The van der Waals surface area contributed by atoms with E-state index in [2.05, 4.69) is 18.3 Å². The van der Waals surface area contributed by atoms with Crippen molar-refractivity contribution < 1.29 is 14.1 Å². The Morgan fingerprint density at radius 3 is 2.90 bits per heavy atom. The minimum atomic E-state index is -0.492. The van der Waals surface area contributed by atoms with Gasteiger partial charge in [-0.25, -0.2) is 0 Å². The second-order valence-electron chi connectivity index (χ2n) is 7.06. The van der Waals surface area contributed by atoms with Crippen molar-refractivity contribution in [1.29, 1.82) is 5.26 Å². The molecule has 3 aromatic rings. The van der Waals surface area contributed by atoms with Crippen molar-refractivity contribution in [2.45, 2.75) is 26.2 Å². The molecule has 0 bridgehead atoms. The van der Waals surface area contributed by atoms with Crippen molar-refractivity contribution in [3.8, 4) is 17.4 Å². The lowest BCUT2D eigenvalue weighted by atomic mass is 9.89. The number of nitro benzene ring substituents is 1. The summed E-state index contributed by atoms with van der Waals surface area (Å²) in [4.78, 5) is 24.6. The van der Waals surface area contributed by atoms with E-state index in [-0.39, 0.29) is 17.2 Å². The van der Waals surface area contributed by atoms with Gasteiger partial charge < -0.3 is 9.73 Å². The van der Waals surface area contributed by atoms with Crippen LogP contribution in [0.3, 0.4) is 0 Å². The van der Waals surface area contributed by atoms with E-state index in [9.17, 15) is 20.2 Å². The van der Waals surface area contributed by atoms with Crippen molar-refractivity contribution in [1.82, 2.24) is 0 Å². The molecule has 2 aromatic heterocycles. The van der Waals surface area contributed by atoms with Crippen molar-refractivity contribution >= 4 is 27.9 Å². The maximum Gasteiger partial charge on any atom is 0.292 e. The molecule has 0 saturated carbocycles. The first-order valence-electron chi connectivity index (χ1n) is 9.17. The van der Waals surface area contributed by atoms with Crippen molar-refractivity contribution in [2.75, 3.05) is 5.32 Å². The summed E-state index contributed by atoms with van der Waals surface area (Å²) in [5, 5.41) is 24.1. The number of nitro groups is 1. The van der Waals surface area contributed by atoms with Crippen LogP contribution in [0.1, 0.15) is 39.9 Å². The Morgan fingerprint density at radius 1 is 1.34 bits per heavy atom. The highest BCUT2D eigenvalue weighted by Crippen LogP contribution is 2.39. The third-order valence-electron chi connectivity index (χ3n) is 5.05. The number of anilines is 1. The molecule has 0 fully saturated rings. The summed E-state index contributed by atoms with van der Waals surface area (Å²) in [6.07, 6.45) is 2.78. The van der Waals surface area contributed by atoms with E-state index in [1.807, 2.05) is 0 Å². The smallest absolute Gasteiger partial charge is 0.292 e. The van der Waals surface area contributed by atoms with E-state index >= 15 is 0 Å². The standard InChI is InChI=1S/C21H17N3O4S/c1-12-6-7-13-15(11-22)21(29-19(13)10-12)23-20(25)18-9-8-17(28-18)14-4-2-3-5-16(14)24(26)27/h2-5,8-9,12H,6-7,10H2,1H3,(H,23,25)/t12-/m0/s1. The SMILES string of the molecule is C[C@H]1CCc2c(sc(NC(=O)c3ccc(-c4ccccc4[N+](=O)[O-])o3)c2C#N)C1. The largest absolute Gasteiger partial charge is 0.451 e. The third-order valence-corrected chi connectivity index (χ3v) is 6.22. The molecule has 1 aromatic carbocycles. The zero-order valence-corrected chi connectivity index (χ0v) is 16.4. The van der Waals surface area contributed by atoms with Gasteiger partial charge >= 0.3 is 0 Å². The summed E-state index contributed by atoms with van der Waals surface area (Å²) in [7, 11) is 0. The number of hydrogen-bond acceptors (Lipinski definition) is 6. The molecule has 1 amide bonds. The fourth-order valence-corrected chi connectivity index (χ4v) is 4.92. The first-order valence-corrected chi connectivity index (χ1v) is 9.99. The molecule has 0 aliphatic heterocycles. The van der Waals surface area contributed by atoms with Crippen LogP contribution in [0, 0.1) is 27.4 Å². The van der Waals surface area contributed by atoms with Gasteiger partial charge in [0.25, 0.3) is 11.6 Å². The second-order valence-corrected chi connectivity index (χ2v) is 8.17. The molecule has 1 N–H and O–H groups in total. The molecule has 29 heavy (non-hydrogen) atoms. The van der Waals surface area contributed by atoms with E-state index in [0.717, 1.165) is 29.7 Å². The monoisotopic (exact) mass is 407 g/mol. The van der Waals surface area contributed by atoms with Crippen LogP contribution in [0.2, 0.25) is 0 Å². The molecule has 146 valence electrons. The second kappa shape index (κ2) is 7.53. The predicted octanol–water partition coefficient (Wildman–Crippen LogP) is 5.17. The molecule has 2 heterocycles. The number of furan rings is 1. The normalized spacial score (nSPS) is 15.4. The predicted molar refractivity (Wildman–Crippen MR) is 109 cm³/mol. The van der Waals surface area contributed by atoms with Crippen molar-refractivity contribution in [2.24, 2.45) is 5.92 Å². The van der Waals surface area contributed by atoms with Gasteiger partial charge in [0.2, 0.25) is 0 Å². The highest BCUT2D eigenvalue weighted by molar-refractivity contribution is 7.16. The van der Waals surface area contributed by atoms with Gasteiger partial charge in [0.1, 0.15) is 16.8 Å². The molecule has 0 saturated heterocycles. The highest BCUT2D eigenvalue weighted by atomic mass is 32.1. The Kier molecular flexibility index (Phi) is 4.91. The number of nitriles is 1. The molecule has 1 aliphatic rings. The molecule has 0 radical (unpaired) electrons. The maximum absolute atomic E-state index is 12.7. The van der Waals surface area contributed by atoms with Crippen LogP contribution in [-0.2, 0) is 12.8 Å². The van der Waals surface area contributed by atoms with E-state index in [1.165, 1.54) is 29.5 Å². The first-order chi connectivity index (χ1) is 14.0. The Hall–Kier alpha value is -3.44. The van der Waals surface area contributed by atoms with Crippen LogP contribution in [0.15, 0.2) is 40.8 Å². The Morgan fingerprint density at radius 2 is 2.14 bits per heavy atom. The zero-order valence-electron chi connectivity index (χ0n) is 15.6. The number of nitrogens with zero attached hydrogens (tertiary/aromatic N) is 2. The molecule has 8 heteroatoms. The van der Waals surface area contributed by atoms with Gasteiger partial charge in [0, 0.05) is 10.9 Å². The van der Waals surface area contributed by atoms with E-state index in [4.69, 9.17) is 4.42 Å². The lowest BCUT2D eigenvalue weighted by Gasteiger charge is -2.17. The molecular formula is C21H17N3O4S. The van der Waals surface area contributed by atoms with Crippen LogP contribution in [0.5, 0.6) is 0 Å². The van der Waals surface area contributed by atoms with Gasteiger partial charge in [-0.1, -0.05) is 19.1 Å². The molecule has 1 atom stereocenters. The zero-order chi connectivity index (χ0) is 20.5.